The number of nitrogens with one attached hydrogen (secondary N) is 1. The predicted molar refractivity (Wildman–Crippen MR) is 64.2 cm³/mol. The lowest BCUT2D eigenvalue weighted by molar-refractivity contribution is -0.144. The summed E-state index contributed by atoms with van der Waals surface area (Å²) in [5, 5.41) is 20.1. The summed E-state index contributed by atoms with van der Waals surface area (Å²) in [5.41, 5.74) is 0. The van der Waals surface area contributed by atoms with Gasteiger partial charge in [-0.15, -0.1) is 0 Å². The number of hydrogen-bond donors (Lipinski definition) is 3. The first-order valence-corrected chi connectivity index (χ1v) is 5.74. The topological polar surface area (TPSA) is 107 Å². The summed E-state index contributed by atoms with van der Waals surface area (Å²) >= 11 is 0. The highest BCUT2D eigenvalue weighted by Gasteiger charge is 2.17. The Balaban J connectivity index is 4.10. The Bertz CT molecular complexity index is 306. The van der Waals surface area contributed by atoms with Gasteiger partial charge in [0.15, 0.2) is 0 Å². The second kappa shape index (κ2) is 8.46. The molecule has 0 saturated carbocycles. The standard InChI is InChI=1S/C11H20N2O5/c1-8(11(17)18)6-13(7-10(15)16)5-3-4-12-9(2)14/h8H,3-7H2,1-2H3,(H,12,14)(H,15,16)(H,17,18). The van der Waals surface area contributed by atoms with E-state index in [0.717, 1.165) is 0 Å². The maximum Gasteiger partial charge on any atom is 0.317 e. The molecular weight excluding hydrogens is 240 g/mol. The zero-order valence-corrected chi connectivity index (χ0v) is 10.7. The summed E-state index contributed by atoms with van der Waals surface area (Å²) in [7, 11) is 0. The van der Waals surface area contributed by atoms with Crippen LogP contribution in [0.25, 0.3) is 0 Å². The first-order chi connectivity index (χ1) is 8.32. The number of carbonyl (C=O) groups is 3. The van der Waals surface area contributed by atoms with Crippen LogP contribution in [0, 0.1) is 5.92 Å². The third-order valence-electron chi connectivity index (χ3n) is 2.34. The highest BCUT2D eigenvalue weighted by atomic mass is 16.4. The lowest BCUT2D eigenvalue weighted by Crippen LogP contribution is -2.37. The van der Waals surface area contributed by atoms with E-state index < -0.39 is 17.9 Å². The van der Waals surface area contributed by atoms with Crippen LogP contribution in [-0.2, 0) is 14.4 Å². The van der Waals surface area contributed by atoms with Gasteiger partial charge in [0, 0.05) is 26.6 Å². The van der Waals surface area contributed by atoms with Crippen molar-refractivity contribution in [3.05, 3.63) is 0 Å². The smallest absolute Gasteiger partial charge is 0.317 e. The fourth-order valence-corrected chi connectivity index (χ4v) is 1.46. The molecule has 0 spiro atoms. The van der Waals surface area contributed by atoms with Gasteiger partial charge in [0.2, 0.25) is 5.91 Å². The minimum atomic E-state index is -0.993. The monoisotopic (exact) mass is 260 g/mol. The van der Waals surface area contributed by atoms with E-state index in [-0.39, 0.29) is 19.0 Å². The molecule has 0 rings (SSSR count). The van der Waals surface area contributed by atoms with E-state index in [1.807, 2.05) is 0 Å². The van der Waals surface area contributed by atoms with Crippen molar-refractivity contribution in [1.82, 2.24) is 10.2 Å². The Morgan fingerprint density at radius 2 is 1.89 bits per heavy atom. The average Bonchev–Trinajstić information content (AvgIpc) is 2.22. The Kier molecular flexibility index (Phi) is 7.69. The highest BCUT2D eigenvalue weighted by molar-refractivity contribution is 5.72. The van der Waals surface area contributed by atoms with Crippen LogP contribution in [-0.4, -0.2) is 59.1 Å². The SMILES string of the molecule is CC(=O)NCCCN(CC(=O)O)CC(C)C(=O)O. The number of carboxylic acid groups (broad SMARTS) is 2. The van der Waals surface area contributed by atoms with Crippen LogP contribution in [0.1, 0.15) is 20.3 Å². The van der Waals surface area contributed by atoms with Crippen molar-refractivity contribution >= 4 is 17.8 Å². The molecule has 0 aromatic rings. The van der Waals surface area contributed by atoms with Crippen molar-refractivity contribution in [2.75, 3.05) is 26.2 Å². The first kappa shape index (κ1) is 16.4. The number of rotatable bonds is 9. The lowest BCUT2D eigenvalue weighted by atomic mass is 10.1. The summed E-state index contributed by atoms with van der Waals surface area (Å²) in [6, 6.07) is 0. The lowest BCUT2D eigenvalue weighted by Gasteiger charge is -2.22. The molecule has 7 nitrogen and oxygen atoms in total. The molecule has 0 aliphatic heterocycles. The van der Waals surface area contributed by atoms with Gasteiger partial charge < -0.3 is 15.5 Å². The maximum absolute atomic E-state index is 10.7. The number of carbonyl (C=O) groups excluding carboxylic acids is 1. The van der Waals surface area contributed by atoms with Gasteiger partial charge in [0.05, 0.1) is 12.5 Å². The summed E-state index contributed by atoms with van der Waals surface area (Å²) in [5.74, 6) is -2.71. The third kappa shape index (κ3) is 8.51. The Morgan fingerprint density at radius 3 is 2.33 bits per heavy atom. The molecule has 104 valence electrons. The van der Waals surface area contributed by atoms with Gasteiger partial charge in [-0.3, -0.25) is 19.3 Å². The molecule has 3 N–H and O–H groups in total. The summed E-state index contributed by atoms with van der Waals surface area (Å²) in [4.78, 5) is 33.5. The van der Waals surface area contributed by atoms with E-state index >= 15 is 0 Å². The molecule has 1 amide bonds. The fourth-order valence-electron chi connectivity index (χ4n) is 1.46. The van der Waals surface area contributed by atoms with Crippen molar-refractivity contribution in [3.63, 3.8) is 0 Å². The molecule has 0 fully saturated rings. The van der Waals surface area contributed by atoms with Crippen molar-refractivity contribution in [1.29, 1.82) is 0 Å². The van der Waals surface area contributed by atoms with Gasteiger partial charge in [0.1, 0.15) is 0 Å². The largest absolute Gasteiger partial charge is 0.481 e. The van der Waals surface area contributed by atoms with Gasteiger partial charge in [0.25, 0.3) is 0 Å². The normalized spacial score (nSPS) is 12.2. The van der Waals surface area contributed by atoms with E-state index in [4.69, 9.17) is 10.2 Å². The van der Waals surface area contributed by atoms with Crippen LogP contribution in [0.4, 0.5) is 0 Å². The molecular formula is C11H20N2O5. The van der Waals surface area contributed by atoms with E-state index in [9.17, 15) is 14.4 Å². The van der Waals surface area contributed by atoms with Crippen LogP contribution in [0.2, 0.25) is 0 Å². The Hall–Kier alpha value is -1.63. The van der Waals surface area contributed by atoms with E-state index in [1.54, 1.807) is 4.90 Å². The number of nitrogens with zero attached hydrogens (tertiary/aromatic N) is 1. The van der Waals surface area contributed by atoms with Crippen molar-refractivity contribution in [2.24, 2.45) is 5.92 Å². The van der Waals surface area contributed by atoms with Gasteiger partial charge in [-0.05, 0) is 6.42 Å². The zero-order chi connectivity index (χ0) is 14.1. The molecule has 18 heavy (non-hydrogen) atoms. The fraction of sp³-hybridized carbons (Fsp3) is 0.727. The quantitative estimate of drug-likeness (QED) is 0.488. The molecule has 0 aromatic carbocycles. The van der Waals surface area contributed by atoms with Gasteiger partial charge in [-0.25, -0.2) is 0 Å². The summed E-state index contributed by atoms with van der Waals surface area (Å²) < 4.78 is 0. The van der Waals surface area contributed by atoms with Gasteiger partial charge in [-0.2, -0.15) is 0 Å². The van der Waals surface area contributed by atoms with Gasteiger partial charge >= 0.3 is 11.9 Å². The van der Waals surface area contributed by atoms with Crippen molar-refractivity contribution in [2.45, 2.75) is 20.3 Å². The summed E-state index contributed by atoms with van der Waals surface area (Å²) in [6.45, 7) is 3.81. The Labute approximate surface area is 106 Å². The molecule has 7 heteroatoms. The zero-order valence-electron chi connectivity index (χ0n) is 10.7. The van der Waals surface area contributed by atoms with Crippen LogP contribution in [0.15, 0.2) is 0 Å². The summed E-state index contributed by atoms with van der Waals surface area (Å²) in [6.07, 6.45) is 0.583. The molecule has 0 bridgehead atoms. The van der Waals surface area contributed by atoms with E-state index in [1.165, 1.54) is 13.8 Å². The molecule has 0 aliphatic rings. The predicted octanol–water partition coefficient (Wildman–Crippen LogP) is -0.380. The van der Waals surface area contributed by atoms with Crippen LogP contribution in [0.3, 0.4) is 0 Å². The highest BCUT2D eigenvalue weighted by Crippen LogP contribution is 2.01. The number of amides is 1. The average molecular weight is 260 g/mol. The molecule has 0 radical (unpaired) electrons. The second-order valence-corrected chi connectivity index (χ2v) is 4.20. The number of aliphatic carboxylic acids is 2. The van der Waals surface area contributed by atoms with Gasteiger partial charge in [-0.1, -0.05) is 6.92 Å². The maximum atomic E-state index is 10.7. The van der Waals surface area contributed by atoms with Crippen LogP contribution >= 0.6 is 0 Å². The number of hydrogen-bond acceptors (Lipinski definition) is 4. The third-order valence-corrected chi connectivity index (χ3v) is 2.34. The minimum Gasteiger partial charge on any atom is -0.481 e. The minimum absolute atomic E-state index is 0.140. The molecule has 0 saturated heterocycles. The van der Waals surface area contributed by atoms with Crippen LogP contribution in [0.5, 0.6) is 0 Å². The van der Waals surface area contributed by atoms with Crippen LogP contribution < -0.4 is 5.32 Å². The molecule has 0 heterocycles. The number of carboxylic acids is 2. The second-order valence-electron chi connectivity index (χ2n) is 4.20. The Morgan fingerprint density at radius 1 is 1.28 bits per heavy atom. The first-order valence-electron chi connectivity index (χ1n) is 5.74. The molecule has 1 unspecified atom stereocenters. The van der Waals surface area contributed by atoms with E-state index in [0.29, 0.717) is 19.5 Å². The molecule has 0 aliphatic carbocycles. The molecule has 1 atom stereocenters. The van der Waals surface area contributed by atoms with E-state index in [2.05, 4.69) is 5.32 Å². The van der Waals surface area contributed by atoms with Crippen molar-refractivity contribution in [3.8, 4) is 0 Å². The van der Waals surface area contributed by atoms with Crippen molar-refractivity contribution < 1.29 is 24.6 Å². The molecule has 0 aromatic heterocycles.